The minimum atomic E-state index is -0.656. The van der Waals surface area contributed by atoms with Crippen LogP contribution in [0.3, 0.4) is 0 Å². The first-order valence-corrected chi connectivity index (χ1v) is 5.60. The maximum atomic E-state index is 11.3. The Bertz CT molecular complexity index is 187. The Hall–Kier alpha value is -0.530. The lowest BCUT2D eigenvalue weighted by Crippen LogP contribution is -2.39. The number of carboxylic acids is 1. The van der Waals surface area contributed by atoms with Crippen molar-refractivity contribution in [3.63, 3.8) is 0 Å². The zero-order chi connectivity index (χ0) is 11.4. The van der Waals surface area contributed by atoms with Crippen molar-refractivity contribution >= 4 is 5.97 Å². The number of carbonyl (C=O) groups is 1. The highest BCUT2D eigenvalue weighted by atomic mass is 16.4. The molecule has 0 saturated heterocycles. The Morgan fingerprint density at radius 3 is 2.14 bits per heavy atom. The lowest BCUT2D eigenvalue weighted by atomic mass is 9.68. The van der Waals surface area contributed by atoms with Gasteiger partial charge in [0, 0.05) is 0 Å². The first-order chi connectivity index (χ1) is 6.37. The van der Waals surface area contributed by atoms with E-state index in [0.29, 0.717) is 0 Å². The monoisotopic (exact) mass is 200 g/mol. The summed E-state index contributed by atoms with van der Waals surface area (Å²) >= 11 is 0. The molecule has 0 aliphatic carbocycles. The molecule has 2 heteroatoms. The van der Waals surface area contributed by atoms with Gasteiger partial charge >= 0.3 is 5.97 Å². The van der Waals surface area contributed by atoms with Gasteiger partial charge in [-0.1, -0.05) is 40.5 Å². The molecule has 14 heavy (non-hydrogen) atoms. The van der Waals surface area contributed by atoms with Crippen molar-refractivity contribution in [3.05, 3.63) is 0 Å². The van der Waals surface area contributed by atoms with Crippen LogP contribution in [0.2, 0.25) is 0 Å². The second-order valence-electron chi connectivity index (χ2n) is 4.79. The second-order valence-corrected chi connectivity index (χ2v) is 4.79. The van der Waals surface area contributed by atoms with E-state index >= 15 is 0 Å². The first-order valence-electron chi connectivity index (χ1n) is 5.60. The van der Waals surface area contributed by atoms with Gasteiger partial charge in [-0.3, -0.25) is 4.79 Å². The molecule has 0 aromatic rings. The molecule has 0 bridgehead atoms. The second kappa shape index (κ2) is 5.38. The molecule has 0 spiro atoms. The summed E-state index contributed by atoms with van der Waals surface area (Å²) in [6.07, 6.45) is 3.27. The summed E-state index contributed by atoms with van der Waals surface area (Å²) in [5, 5.41) is 9.27. The first kappa shape index (κ1) is 13.5. The van der Waals surface area contributed by atoms with Crippen LogP contribution < -0.4 is 0 Å². The third-order valence-corrected chi connectivity index (χ3v) is 3.67. The van der Waals surface area contributed by atoms with Gasteiger partial charge in [0.25, 0.3) is 0 Å². The van der Waals surface area contributed by atoms with Crippen molar-refractivity contribution in [1.82, 2.24) is 0 Å². The fraction of sp³-hybridized carbons (Fsp3) is 0.917. The van der Waals surface area contributed by atoms with Crippen LogP contribution in [0.4, 0.5) is 0 Å². The lowest BCUT2D eigenvalue weighted by Gasteiger charge is -2.35. The smallest absolute Gasteiger partial charge is 0.309 e. The van der Waals surface area contributed by atoms with Crippen LogP contribution in [0.25, 0.3) is 0 Å². The zero-order valence-electron chi connectivity index (χ0n) is 10.1. The van der Waals surface area contributed by atoms with Crippen LogP contribution in [0.1, 0.15) is 53.9 Å². The Labute approximate surface area is 87.7 Å². The summed E-state index contributed by atoms with van der Waals surface area (Å²) < 4.78 is 0. The molecule has 0 heterocycles. The SMILES string of the molecule is CCCCC(C)C(C)(C(=O)O)C(C)C. The van der Waals surface area contributed by atoms with Crippen LogP contribution in [0.15, 0.2) is 0 Å². The van der Waals surface area contributed by atoms with Crippen LogP contribution >= 0.6 is 0 Å². The van der Waals surface area contributed by atoms with Crippen molar-refractivity contribution in [1.29, 1.82) is 0 Å². The van der Waals surface area contributed by atoms with Gasteiger partial charge in [0.1, 0.15) is 0 Å². The maximum Gasteiger partial charge on any atom is 0.309 e. The van der Waals surface area contributed by atoms with E-state index in [1.165, 1.54) is 0 Å². The molecule has 0 radical (unpaired) electrons. The molecule has 0 aromatic carbocycles. The number of aliphatic carboxylic acids is 1. The average molecular weight is 200 g/mol. The minimum Gasteiger partial charge on any atom is -0.481 e. The molecular formula is C12H24O2. The summed E-state index contributed by atoms with van der Waals surface area (Å²) in [5.41, 5.74) is -0.574. The van der Waals surface area contributed by atoms with Gasteiger partial charge in [-0.05, 0) is 25.2 Å². The van der Waals surface area contributed by atoms with E-state index in [2.05, 4.69) is 13.8 Å². The Balaban J connectivity index is 4.56. The summed E-state index contributed by atoms with van der Waals surface area (Å²) in [4.78, 5) is 11.3. The maximum absolute atomic E-state index is 11.3. The molecule has 2 atom stereocenters. The lowest BCUT2D eigenvalue weighted by molar-refractivity contribution is -0.154. The normalized spacial score (nSPS) is 17.9. The third-order valence-electron chi connectivity index (χ3n) is 3.67. The van der Waals surface area contributed by atoms with E-state index < -0.39 is 11.4 Å². The number of hydrogen-bond acceptors (Lipinski definition) is 1. The topological polar surface area (TPSA) is 37.3 Å². The van der Waals surface area contributed by atoms with Crippen LogP contribution in [0.5, 0.6) is 0 Å². The van der Waals surface area contributed by atoms with Gasteiger partial charge in [0.15, 0.2) is 0 Å². The van der Waals surface area contributed by atoms with Gasteiger partial charge in [-0.25, -0.2) is 0 Å². The summed E-state index contributed by atoms with van der Waals surface area (Å²) in [6.45, 7) is 10.1. The molecule has 84 valence electrons. The number of unbranched alkanes of at least 4 members (excludes halogenated alkanes) is 1. The number of hydrogen-bond donors (Lipinski definition) is 1. The third kappa shape index (κ3) is 2.73. The van der Waals surface area contributed by atoms with E-state index in [-0.39, 0.29) is 11.8 Å². The highest BCUT2D eigenvalue weighted by molar-refractivity contribution is 5.74. The van der Waals surface area contributed by atoms with Crippen molar-refractivity contribution in [3.8, 4) is 0 Å². The van der Waals surface area contributed by atoms with Crippen LogP contribution in [-0.2, 0) is 4.79 Å². The van der Waals surface area contributed by atoms with Crippen molar-refractivity contribution in [2.24, 2.45) is 17.3 Å². The van der Waals surface area contributed by atoms with E-state index in [1.54, 1.807) is 0 Å². The highest BCUT2D eigenvalue weighted by Crippen LogP contribution is 2.38. The standard InChI is InChI=1S/C12H24O2/c1-6-7-8-10(4)12(5,9(2)3)11(13)14/h9-10H,6-8H2,1-5H3,(H,13,14). The molecule has 0 saturated carbocycles. The molecule has 0 fully saturated rings. The Morgan fingerprint density at radius 2 is 1.86 bits per heavy atom. The Kier molecular flexibility index (Phi) is 5.17. The zero-order valence-corrected chi connectivity index (χ0v) is 10.1. The fourth-order valence-electron chi connectivity index (χ4n) is 1.84. The largest absolute Gasteiger partial charge is 0.481 e. The fourth-order valence-corrected chi connectivity index (χ4v) is 1.84. The van der Waals surface area contributed by atoms with Crippen LogP contribution in [-0.4, -0.2) is 11.1 Å². The van der Waals surface area contributed by atoms with Crippen molar-refractivity contribution in [2.45, 2.75) is 53.9 Å². The summed E-state index contributed by atoms with van der Waals surface area (Å²) in [6, 6.07) is 0. The Morgan fingerprint density at radius 1 is 1.36 bits per heavy atom. The average Bonchev–Trinajstić information content (AvgIpc) is 2.11. The summed E-state index contributed by atoms with van der Waals surface area (Å²) in [7, 11) is 0. The molecule has 0 rings (SSSR count). The number of carboxylic acid groups (broad SMARTS) is 1. The molecule has 0 aliphatic heterocycles. The highest BCUT2D eigenvalue weighted by Gasteiger charge is 2.41. The quantitative estimate of drug-likeness (QED) is 0.711. The van der Waals surface area contributed by atoms with E-state index in [9.17, 15) is 9.90 Å². The number of rotatable bonds is 6. The molecule has 2 nitrogen and oxygen atoms in total. The molecule has 0 aliphatic rings. The molecule has 0 amide bonds. The van der Waals surface area contributed by atoms with E-state index in [0.717, 1.165) is 19.3 Å². The molecule has 2 unspecified atom stereocenters. The van der Waals surface area contributed by atoms with Crippen LogP contribution in [0, 0.1) is 17.3 Å². The molecule has 0 aromatic heterocycles. The van der Waals surface area contributed by atoms with E-state index in [1.807, 2.05) is 20.8 Å². The van der Waals surface area contributed by atoms with Gasteiger partial charge in [-0.15, -0.1) is 0 Å². The van der Waals surface area contributed by atoms with Gasteiger partial charge < -0.3 is 5.11 Å². The minimum absolute atomic E-state index is 0.187. The molecular weight excluding hydrogens is 176 g/mol. The van der Waals surface area contributed by atoms with Gasteiger partial charge in [-0.2, -0.15) is 0 Å². The molecule has 1 N–H and O–H groups in total. The summed E-state index contributed by atoms with van der Waals surface area (Å²) in [5.74, 6) is -0.220. The van der Waals surface area contributed by atoms with Crippen molar-refractivity contribution < 1.29 is 9.90 Å². The van der Waals surface area contributed by atoms with Gasteiger partial charge in [0.2, 0.25) is 0 Å². The predicted molar refractivity (Wildman–Crippen MR) is 59.3 cm³/mol. The van der Waals surface area contributed by atoms with E-state index in [4.69, 9.17) is 0 Å². The van der Waals surface area contributed by atoms with Gasteiger partial charge in [0.05, 0.1) is 5.41 Å². The van der Waals surface area contributed by atoms with Crippen molar-refractivity contribution in [2.75, 3.05) is 0 Å². The predicted octanol–water partition coefficient (Wildman–Crippen LogP) is 3.56.